The fourth-order valence-electron chi connectivity index (χ4n) is 2.41. The lowest BCUT2D eigenvalue weighted by molar-refractivity contribution is 0.0494. The van der Waals surface area contributed by atoms with Crippen molar-refractivity contribution in [2.24, 2.45) is 17.3 Å². The topological polar surface area (TPSA) is 30.5 Å². The third-order valence-corrected chi connectivity index (χ3v) is 3.89. The molecule has 1 aliphatic carbocycles. The Morgan fingerprint density at radius 3 is 2.50 bits per heavy atom. The molecule has 0 bridgehead atoms. The van der Waals surface area contributed by atoms with Crippen molar-refractivity contribution >= 4 is 0 Å². The summed E-state index contributed by atoms with van der Waals surface area (Å²) in [5.74, 6) is 1.63. The minimum Gasteiger partial charge on any atom is -0.382 e. The molecule has 1 aliphatic rings. The van der Waals surface area contributed by atoms with Crippen LogP contribution in [0.3, 0.4) is 0 Å². The Labute approximate surface area is 113 Å². The molecule has 3 nitrogen and oxygen atoms in total. The Kier molecular flexibility index (Phi) is 7.20. The first kappa shape index (κ1) is 15.9. The third kappa shape index (κ3) is 6.17. The number of nitrogens with one attached hydrogen (secondary N) is 1. The highest BCUT2D eigenvalue weighted by atomic mass is 16.5. The molecule has 0 saturated heterocycles. The predicted octanol–water partition coefficient (Wildman–Crippen LogP) is 2.70. The van der Waals surface area contributed by atoms with Crippen LogP contribution >= 0.6 is 0 Å². The second-order valence-corrected chi connectivity index (χ2v) is 6.31. The van der Waals surface area contributed by atoms with Crippen LogP contribution in [0.25, 0.3) is 0 Å². The van der Waals surface area contributed by atoms with Gasteiger partial charge < -0.3 is 14.8 Å². The van der Waals surface area contributed by atoms with Crippen molar-refractivity contribution in [2.75, 3.05) is 40.0 Å². The molecule has 0 aromatic rings. The smallest absolute Gasteiger partial charge is 0.0700 e. The van der Waals surface area contributed by atoms with Crippen LogP contribution in [0, 0.1) is 17.3 Å². The largest absolute Gasteiger partial charge is 0.382 e. The van der Waals surface area contributed by atoms with E-state index in [2.05, 4.69) is 26.1 Å². The lowest BCUT2D eigenvalue weighted by atomic mass is 9.81. The van der Waals surface area contributed by atoms with Crippen molar-refractivity contribution in [1.82, 2.24) is 5.32 Å². The van der Waals surface area contributed by atoms with Crippen LogP contribution in [-0.2, 0) is 9.47 Å². The van der Waals surface area contributed by atoms with Crippen LogP contribution < -0.4 is 5.32 Å². The molecule has 1 N–H and O–H groups in total. The van der Waals surface area contributed by atoms with Gasteiger partial charge in [0.25, 0.3) is 0 Å². The second-order valence-electron chi connectivity index (χ2n) is 6.31. The molecule has 0 heterocycles. The van der Waals surface area contributed by atoms with Crippen molar-refractivity contribution in [3.63, 3.8) is 0 Å². The van der Waals surface area contributed by atoms with E-state index in [9.17, 15) is 0 Å². The van der Waals surface area contributed by atoms with Crippen LogP contribution in [0.4, 0.5) is 0 Å². The van der Waals surface area contributed by atoms with Gasteiger partial charge in [0, 0.05) is 20.3 Å². The van der Waals surface area contributed by atoms with E-state index in [0.717, 1.165) is 44.6 Å². The van der Waals surface area contributed by atoms with E-state index in [1.165, 1.54) is 12.8 Å². The van der Waals surface area contributed by atoms with Crippen LogP contribution in [-0.4, -0.2) is 40.0 Å². The summed E-state index contributed by atoms with van der Waals surface area (Å²) in [6.07, 6.45) is 3.96. The van der Waals surface area contributed by atoms with E-state index in [1.54, 1.807) is 7.11 Å². The number of rotatable bonds is 11. The summed E-state index contributed by atoms with van der Waals surface area (Å²) in [7, 11) is 1.72. The van der Waals surface area contributed by atoms with Crippen molar-refractivity contribution in [1.29, 1.82) is 0 Å². The lowest BCUT2D eigenvalue weighted by Gasteiger charge is -2.30. The van der Waals surface area contributed by atoms with Crippen LogP contribution in [0.1, 0.15) is 40.0 Å². The summed E-state index contributed by atoms with van der Waals surface area (Å²) in [4.78, 5) is 0. The molecule has 0 aliphatic heterocycles. The van der Waals surface area contributed by atoms with E-state index in [1.807, 2.05) is 0 Å². The minimum absolute atomic E-state index is 0.419. The van der Waals surface area contributed by atoms with E-state index in [-0.39, 0.29) is 0 Å². The van der Waals surface area contributed by atoms with Crippen LogP contribution in [0.5, 0.6) is 0 Å². The minimum atomic E-state index is 0.419. The quantitative estimate of drug-likeness (QED) is 0.577. The lowest BCUT2D eigenvalue weighted by Crippen LogP contribution is -2.36. The maximum Gasteiger partial charge on any atom is 0.0700 e. The SMILES string of the molecule is COCCOCCC(C)(CNCC(C)C)C1CC1. The molecule has 0 aromatic carbocycles. The van der Waals surface area contributed by atoms with Gasteiger partial charge in [-0.3, -0.25) is 0 Å². The molecular formula is C15H31NO2. The highest BCUT2D eigenvalue weighted by molar-refractivity contribution is 4.92. The monoisotopic (exact) mass is 257 g/mol. The molecule has 1 fully saturated rings. The molecule has 0 amide bonds. The first-order valence-electron chi connectivity index (χ1n) is 7.36. The van der Waals surface area contributed by atoms with Gasteiger partial charge in [-0.1, -0.05) is 20.8 Å². The van der Waals surface area contributed by atoms with Gasteiger partial charge in [0.15, 0.2) is 0 Å². The van der Waals surface area contributed by atoms with Gasteiger partial charge in [0.1, 0.15) is 0 Å². The number of methoxy groups -OCH3 is 1. The third-order valence-electron chi connectivity index (χ3n) is 3.89. The molecule has 1 rings (SSSR count). The highest BCUT2D eigenvalue weighted by Crippen LogP contribution is 2.47. The molecule has 3 heteroatoms. The van der Waals surface area contributed by atoms with Gasteiger partial charge in [-0.15, -0.1) is 0 Å². The number of ether oxygens (including phenoxy) is 2. The summed E-state index contributed by atoms with van der Waals surface area (Å²) in [6.45, 7) is 11.5. The van der Waals surface area contributed by atoms with Gasteiger partial charge in [-0.25, -0.2) is 0 Å². The van der Waals surface area contributed by atoms with Gasteiger partial charge in [-0.2, -0.15) is 0 Å². The van der Waals surface area contributed by atoms with E-state index in [4.69, 9.17) is 9.47 Å². The van der Waals surface area contributed by atoms with Gasteiger partial charge in [0.2, 0.25) is 0 Å². The Morgan fingerprint density at radius 2 is 1.94 bits per heavy atom. The maximum atomic E-state index is 5.62. The van der Waals surface area contributed by atoms with Gasteiger partial charge in [0.05, 0.1) is 13.2 Å². The first-order valence-corrected chi connectivity index (χ1v) is 7.36. The Bertz CT molecular complexity index is 217. The van der Waals surface area contributed by atoms with Crippen molar-refractivity contribution in [3.8, 4) is 0 Å². The number of hydrogen-bond acceptors (Lipinski definition) is 3. The summed E-state index contributed by atoms with van der Waals surface area (Å²) in [6, 6.07) is 0. The fourth-order valence-corrected chi connectivity index (χ4v) is 2.41. The molecule has 0 radical (unpaired) electrons. The molecule has 1 saturated carbocycles. The normalized spacial score (nSPS) is 19.2. The summed E-state index contributed by atoms with van der Waals surface area (Å²) in [5.41, 5.74) is 0.419. The first-order chi connectivity index (χ1) is 8.58. The zero-order valence-corrected chi connectivity index (χ0v) is 12.6. The second kappa shape index (κ2) is 8.13. The zero-order chi connectivity index (χ0) is 13.4. The molecule has 1 unspecified atom stereocenters. The van der Waals surface area contributed by atoms with Gasteiger partial charge >= 0.3 is 0 Å². The highest BCUT2D eigenvalue weighted by Gasteiger charge is 2.40. The van der Waals surface area contributed by atoms with Crippen molar-refractivity contribution < 1.29 is 9.47 Å². The molecular weight excluding hydrogens is 226 g/mol. The van der Waals surface area contributed by atoms with E-state index >= 15 is 0 Å². The van der Waals surface area contributed by atoms with E-state index < -0.39 is 0 Å². The van der Waals surface area contributed by atoms with Crippen molar-refractivity contribution in [2.45, 2.75) is 40.0 Å². The average molecular weight is 257 g/mol. The number of hydrogen-bond donors (Lipinski definition) is 1. The molecule has 108 valence electrons. The average Bonchev–Trinajstić information content (AvgIpc) is 3.12. The Morgan fingerprint density at radius 1 is 1.22 bits per heavy atom. The molecule has 0 spiro atoms. The predicted molar refractivity (Wildman–Crippen MR) is 75.9 cm³/mol. The fraction of sp³-hybridized carbons (Fsp3) is 1.00. The zero-order valence-electron chi connectivity index (χ0n) is 12.6. The van der Waals surface area contributed by atoms with Gasteiger partial charge in [-0.05, 0) is 43.1 Å². The van der Waals surface area contributed by atoms with E-state index in [0.29, 0.717) is 12.0 Å². The Hall–Kier alpha value is -0.120. The summed E-state index contributed by atoms with van der Waals surface area (Å²) < 4.78 is 10.6. The summed E-state index contributed by atoms with van der Waals surface area (Å²) >= 11 is 0. The maximum absolute atomic E-state index is 5.62. The summed E-state index contributed by atoms with van der Waals surface area (Å²) in [5, 5.41) is 3.62. The van der Waals surface area contributed by atoms with Crippen molar-refractivity contribution in [3.05, 3.63) is 0 Å². The standard InChI is InChI=1S/C15H31NO2/c1-13(2)11-16-12-15(3,14-5-6-14)7-8-18-10-9-17-4/h13-14,16H,5-12H2,1-4H3. The molecule has 1 atom stereocenters. The Balaban J connectivity index is 2.20. The van der Waals surface area contributed by atoms with Crippen LogP contribution in [0.2, 0.25) is 0 Å². The molecule has 0 aromatic heterocycles. The molecule has 18 heavy (non-hydrogen) atoms. The van der Waals surface area contributed by atoms with Crippen LogP contribution in [0.15, 0.2) is 0 Å².